The van der Waals surface area contributed by atoms with Gasteiger partial charge in [-0.25, -0.2) is 0 Å². The minimum atomic E-state index is -0.696. The molecule has 2 fully saturated rings. The van der Waals surface area contributed by atoms with Crippen LogP contribution in [0.4, 0.5) is 0 Å². The van der Waals surface area contributed by atoms with Crippen molar-refractivity contribution in [1.82, 2.24) is 0 Å². The summed E-state index contributed by atoms with van der Waals surface area (Å²) in [6.07, 6.45) is 9.66. The van der Waals surface area contributed by atoms with Crippen LogP contribution < -0.4 is 0 Å². The predicted octanol–water partition coefficient (Wildman–Crippen LogP) is 3.17. The fourth-order valence-electron chi connectivity index (χ4n) is 3.85. The Morgan fingerprint density at radius 2 is 2.18 bits per heavy atom. The second kappa shape index (κ2) is 5.19. The number of carbonyl (C=O) groups excluding carboxylic acids is 1. The summed E-state index contributed by atoms with van der Waals surface area (Å²) in [5.74, 6) is 0.410. The molecular weight excluding hydrogens is 216 g/mol. The number of Topliss-reactive ketones (excluding diaryl/α,β-unsaturated/α-hetero) is 1. The van der Waals surface area contributed by atoms with E-state index >= 15 is 0 Å². The van der Waals surface area contributed by atoms with Gasteiger partial charge in [-0.1, -0.05) is 19.3 Å². The van der Waals surface area contributed by atoms with Gasteiger partial charge < -0.3 is 5.11 Å². The topological polar surface area (TPSA) is 54.4 Å². The van der Waals surface area contributed by atoms with Crippen LogP contribution in [0.25, 0.3) is 0 Å². The summed E-state index contributed by atoms with van der Waals surface area (Å²) in [7, 11) is 0. The van der Waals surface area contributed by atoms with E-state index in [-0.39, 0.29) is 6.42 Å². The number of carboxylic acids is 1. The standard InChI is InChI=1S/C14H22O3/c15-12-9-11-5-4-8-14(11,10-12)7-3-1-2-6-13(16)17/h11H,1-10H2,(H,16,17). The van der Waals surface area contributed by atoms with Crippen molar-refractivity contribution < 1.29 is 14.7 Å². The van der Waals surface area contributed by atoms with Gasteiger partial charge in [0.15, 0.2) is 0 Å². The molecule has 2 rings (SSSR count). The van der Waals surface area contributed by atoms with E-state index in [2.05, 4.69) is 0 Å². The van der Waals surface area contributed by atoms with E-state index in [1.807, 2.05) is 0 Å². The first-order valence-corrected chi connectivity index (χ1v) is 6.86. The largest absolute Gasteiger partial charge is 0.481 e. The molecule has 0 bridgehead atoms. The quantitative estimate of drug-likeness (QED) is 0.723. The van der Waals surface area contributed by atoms with Gasteiger partial charge in [-0.15, -0.1) is 0 Å². The van der Waals surface area contributed by atoms with Gasteiger partial charge in [0.1, 0.15) is 5.78 Å². The van der Waals surface area contributed by atoms with Crippen molar-refractivity contribution in [3.63, 3.8) is 0 Å². The highest BCUT2D eigenvalue weighted by Crippen LogP contribution is 2.55. The van der Waals surface area contributed by atoms with Gasteiger partial charge in [0.25, 0.3) is 0 Å². The lowest BCUT2D eigenvalue weighted by Crippen LogP contribution is -2.19. The fourth-order valence-corrected chi connectivity index (χ4v) is 3.85. The number of ketones is 1. The molecule has 2 unspecified atom stereocenters. The highest BCUT2D eigenvalue weighted by molar-refractivity contribution is 5.82. The van der Waals surface area contributed by atoms with Crippen LogP contribution in [0.5, 0.6) is 0 Å². The first kappa shape index (κ1) is 12.6. The van der Waals surface area contributed by atoms with Gasteiger partial charge in [0.05, 0.1) is 0 Å². The summed E-state index contributed by atoms with van der Waals surface area (Å²) in [6.45, 7) is 0. The third-order valence-corrected chi connectivity index (χ3v) is 4.68. The Labute approximate surface area is 103 Å². The van der Waals surface area contributed by atoms with Gasteiger partial charge >= 0.3 is 5.97 Å². The van der Waals surface area contributed by atoms with E-state index < -0.39 is 5.97 Å². The van der Waals surface area contributed by atoms with Crippen molar-refractivity contribution in [1.29, 1.82) is 0 Å². The number of carboxylic acid groups (broad SMARTS) is 1. The van der Waals surface area contributed by atoms with Crippen molar-refractivity contribution in [2.75, 3.05) is 0 Å². The summed E-state index contributed by atoms with van der Waals surface area (Å²) in [4.78, 5) is 22.0. The number of carbonyl (C=O) groups is 2. The molecule has 0 heterocycles. The predicted molar refractivity (Wildman–Crippen MR) is 64.7 cm³/mol. The molecule has 3 heteroatoms. The Bertz CT molecular complexity index is 311. The van der Waals surface area contributed by atoms with Crippen molar-refractivity contribution in [2.24, 2.45) is 11.3 Å². The Morgan fingerprint density at radius 1 is 1.35 bits per heavy atom. The third kappa shape index (κ3) is 2.88. The molecule has 0 aromatic carbocycles. The molecule has 0 aromatic heterocycles. The second-order valence-corrected chi connectivity index (χ2v) is 5.83. The molecule has 2 atom stereocenters. The van der Waals surface area contributed by atoms with Crippen LogP contribution in [0.1, 0.15) is 64.2 Å². The fraction of sp³-hybridized carbons (Fsp3) is 0.857. The highest BCUT2D eigenvalue weighted by atomic mass is 16.4. The monoisotopic (exact) mass is 238 g/mol. The van der Waals surface area contributed by atoms with Crippen LogP contribution in [0.3, 0.4) is 0 Å². The molecule has 0 radical (unpaired) electrons. The van der Waals surface area contributed by atoms with E-state index in [0.29, 0.717) is 17.1 Å². The SMILES string of the molecule is O=C(O)CCCCCC12CCCC1CC(=O)C2. The minimum absolute atomic E-state index is 0.287. The second-order valence-electron chi connectivity index (χ2n) is 5.83. The van der Waals surface area contributed by atoms with E-state index in [9.17, 15) is 9.59 Å². The van der Waals surface area contributed by atoms with Crippen molar-refractivity contribution in [2.45, 2.75) is 64.2 Å². The molecule has 17 heavy (non-hydrogen) atoms. The molecule has 0 amide bonds. The van der Waals surface area contributed by atoms with Gasteiger partial charge in [0.2, 0.25) is 0 Å². The number of unbranched alkanes of at least 4 members (excludes halogenated alkanes) is 2. The maximum atomic E-state index is 11.6. The Hall–Kier alpha value is -0.860. The minimum Gasteiger partial charge on any atom is -0.481 e. The first-order valence-electron chi connectivity index (χ1n) is 6.86. The average molecular weight is 238 g/mol. The van der Waals surface area contributed by atoms with Crippen molar-refractivity contribution in [3.05, 3.63) is 0 Å². The number of aliphatic carboxylic acids is 1. The molecule has 0 spiro atoms. The molecule has 1 N–H and O–H groups in total. The zero-order valence-electron chi connectivity index (χ0n) is 10.4. The van der Waals surface area contributed by atoms with Gasteiger partial charge in [-0.2, -0.15) is 0 Å². The Balaban J connectivity index is 1.74. The molecule has 96 valence electrons. The average Bonchev–Trinajstić information content (AvgIpc) is 2.72. The first-order chi connectivity index (χ1) is 8.12. The van der Waals surface area contributed by atoms with Gasteiger partial charge in [0, 0.05) is 19.3 Å². The summed E-state index contributed by atoms with van der Waals surface area (Å²) >= 11 is 0. The smallest absolute Gasteiger partial charge is 0.303 e. The highest BCUT2D eigenvalue weighted by Gasteiger charge is 2.48. The Morgan fingerprint density at radius 3 is 2.94 bits per heavy atom. The van der Waals surface area contributed by atoms with Gasteiger partial charge in [-0.3, -0.25) is 9.59 Å². The lowest BCUT2D eigenvalue weighted by molar-refractivity contribution is -0.137. The summed E-state index contributed by atoms with van der Waals surface area (Å²) in [5.41, 5.74) is 0.320. The molecule has 2 saturated carbocycles. The maximum absolute atomic E-state index is 11.6. The number of hydrogen-bond acceptors (Lipinski definition) is 2. The number of rotatable bonds is 6. The molecule has 0 aliphatic heterocycles. The van der Waals surface area contributed by atoms with Crippen LogP contribution in [-0.2, 0) is 9.59 Å². The number of hydrogen-bond donors (Lipinski definition) is 1. The van der Waals surface area contributed by atoms with E-state index in [1.165, 1.54) is 19.3 Å². The van der Waals surface area contributed by atoms with Gasteiger partial charge in [-0.05, 0) is 37.0 Å². The van der Waals surface area contributed by atoms with E-state index in [0.717, 1.165) is 38.5 Å². The summed E-state index contributed by atoms with van der Waals surface area (Å²) < 4.78 is 0. The van der Waals surface area contributed by atoms with E-state index in [4.69, 9.17) is 5.11 Å². The Kier molecular flexibility index (Phi) is 3.85. The van der Waals surface area contributed by atoms with Crippen LogP contribution in [0.2, 0.25) is 0 Å². The van der Waals surface area contributed by atoms with Crippen LogP contribution in [0, 0.1) is 11.3 Å². The molecule has 0 aromatic rings. The van der Waals surface area contributed by atoms with Crippen LogP contribution in [0.15, 0.2) is 0 Å². The van der Waals surface area contributed by atoms with Crippen molar-refractivity contribution >= 4 is 11.8 Å². The van der Waals surface area contributed by atoms with Crippen molar-refractivity contribution in [3.8, 4) is 0 Å². The normalized spacial score (nSPS) is 31.8. The zero-order valence-corrected chi connectivity index (χ0v) is 10.4. The van der Waals surface area contributed by atoms with Crippen LogP contribution in [-0.4, -0.2) is 16.9 Å². The lowest BCUT2D eigenvalue weighted by Gasteiger charge is -2.28. The number of fused-ring (bicyclic) bond motifs is 1. The maximum Gasteiger partial charge on any atom is 0.303 e. The molecule has 2 aliphatic rings. The lowest BCUT2D eigenvalue weighted by atomic mass is 9.76. The molecule has 3 nitrogen and oxygen atoms in total. The third-order valence-electron chi connectivity index (χ3n) is 4.68. The molecule has 0 saturated heterocycles. The summed E-state index contributed by atoms with van der Waals surface area (Å²) in [6, 6.07) is 0. The van der Waals surface area contributed by atoms with E-state index in [1.54, 1.807) is 0 Å². The molecular formula is C14H22O3. The summed E-state index contributed by atoms with van der Waals surface area (Å²) in [5, 5.41) is 8.56. The zero-order chi connectivity index (χ0) is 12.3. The molecule has 2 aliphatic carbocycles. The van der Waals surface area contributed by atoms with Crippen LogP contribution >= 0.6 is 0 Å².